The Balaban J connectivity index is 1.69. The Morgan fingerprint density at radius 1 is 1.25 bits per heavy atom. The molecule has 2 aliphatic heterocycles. The van der Waals surface area contributed by atoms with E-state index in [4.69, 9.17) is 4.74 Å². The third-order valence-corrected chi connectivity index (χ3v) is 4.70. The zero-order valence-electron chi connectivity index (χ0n) is 14.7. The van der Waals surface area contributed by atoms with Crippen LogP contribution in [-0.4, -0.2) is 53.0 Å². The van der Waals surface area contributed by atoms with Gasteiger partial charge in [0, 0.05) is 31.6 Å². The number of fused-ring (bicyclic) bond motifs is 1. The van der Waals surface area contributed by atoms with E-state index in [-0.39, 0.29) is 18.1 Å². The Bertz CT molecular complexity index is 609. The molecule has 0 aromatic heterocycles. The highest BCUT2D eigenvalue weighted by atomic mass is 16.6. The minimum Gasteiger partial charge on any atom is -0.444 e. The summed E-state index contributed by atoms with van der Waals surface area (Å²) in [7, 11) is 0. The Labute approximate surface area is 143 Å². The topological polar surface area (TPSA) is 49.9 Å². The summed E-state index contributed by atoms with van der Waals surface area (Å²) in [5, 5.41) is 0. The average molecular weight is 330 g/mol. The van der Waals surface area contributed by atoms with E-state index in [0.29, 0.717) is 25.4 Å². The molecule has 5 heteroatoms. The standard InChI is InChI=1S/C19H26N2O3/c1-19(2,3)24-18(23)20-10-9-15-16(12-20)21(13-17(15)22)11-14-7-5-4-6-8-14/h4-8,15-16H,9-13H2,1-3H3/t15-,16+/m0/s1. The second-order valence-electron chi connectivity index (χ2n) is 7.75. The molecule has 2 aliphatic rings. The Morgan fingerprint density at radius 3 is 2.62 bits per heavy atom. The fourth-order valence-electron chi connectivity index (χ4n) is 3.60. The fourth-order valence-corrected chi connectivity index (χ4v) is 3.60. The number of likely N-dealkylation sites (tertiary alicyclic amines) is 2. The maximum Gasteiger partial charge on any atom is 0.410 e. The summed E-state index contributed by atoms with van der Waals surface area (Å²) >= 11 is 0. The number of piperidine rings is 1. The lowest BCUT2D eigenvalue weighted by Crippen LogP contribution is -2.51. The third-order valence-electron chi connectivity index (χ3n) is 4.70. The lowest BCUT2D eigenvalue weighted by atomic mass is 9.91. The van der Waals surface area contributed by atoms with Crippen LogP contribution in [0.1, 0.15) is 32.8 Å². The zero-order valence-corrected chi connectivity index (χ0v) is 14.7. The van der Waals surface area contributed by atoms with Crippen LogP contribution in [-0.2, 0) is 16.1 Å². The van der Waals surface area contributed by atoms with E-state index in [1.54, 1.807) is 4.90 Å². The maximum absolute atomic E-state index is 12.3. The number of ether oxygens (including phenoxy) is 1. The number of rotatable bonds is 2. The Kier molecular flexibility index (Phi) is 4.63. The van der Waals surface area contributed by atoms with Gasteiger partial charge in [-0.3, -0.25) is 9.69 Å². The number of Topliss-reactive ketones (excluding diaryl/α,β-unsaturated/α-hetero) is 1. The van der Waals surface area contributed by atoms with Crippen LogP contribution in [0.15, 0.2) is 30.3 Å². The number of ketones is 1. The first kappa shape index (κ1) is 17.0. The second kappa shape index (κ2) is 6.55. The lowest BCUT2D eigenvalue weighted by Gasteiger charge is -2.38. The van der Waals surface area contributed by atoms with Crippen LogP contribution < -0.4 is 0 Å². The SMILES string of the molecule is CC(C)(C)OC(=O)N1CC[C@@H]2C(=O)CN(Cc3ccccc3)[C@@H]2C1. The fraction of sp³-hybridized carbons (Fsp3) is 0.579. The molecule has 2 atom stereocenters. The summed E-state index contributed by atoms with van der Waals surface area (Å²) in [6.45, 7) is 8.01. The first-order chi connectivity index (χ1) is 11.3. The van der Waals surface area contributed by atoms with Crippen LogP contribution in [0.4, 0.5) is 4.79 Å². The molecule has 2 saturated heterocycles. The summed E-state index contributed by atoms with van der Waals surface area (Å²) in [6, 6.07) is 10.3. The summed E-state index contributed by atoms with van der Waals surface area (Å²) in [5.41, 5.74) is 0.698. The van der Waals surface area contributed by atoms with Crippen molar-refractivity contribution in [2.45, 2.75) is 45.4 Å². The van der Waals surface area contributed by atoms with Gasteiger partial charge in [-0.05, 0) is 32.8 Å². The largest absolute Gasteiger partial charge is 0.444 e. The molecule has 130 valence electrons. The van der Waals surface area contributed by atoms with Gasteiger partial charge in [0.05, 0.1) is 6.54 Å². The Morgan fingerprint density at radius 2 is 1.96 bits per heavy atom. The van der Waals surface area contributed by atoms with E-state index in [0.717, 1.165) is 13.0 Å². The minimum absolute atomic E-state index is 0.0485. The molecule has 0 aliphatic carbocycles. The monoisotopic (exact) mass is 330 g/mol. The average Bonchev–Trinajstić information content (AvgIpc) is 2.82. The molecule has 5 nitrogen and oxygen atoms in total. The van der Waals surface area contributed by atoms with E-state index in [9.17, 15) is 9.59 Å². The normalized spacial score (nSPS) is 24.8. The summed E-state index contributed by atoms with van der Waals surface area (Å²) in [4.78, 5) is 28.6. The molecule has 0 spiro atoms. The number of amides is 1. The van der Waals surface area contributed by atoms with Crippen LogP contribution in [0.5, 0.6) is 0 Å². The van der Waals surface area contributed by atoms with E-state index >= 15 is 0 Å². The smallest absolute Gasteiger partial charge is 0.410 e. The van der Waals surface area contributed by atoms with Crippen molar-refractivity contribution in [2.24, 2.45) is 5.92 Å². The number of hydrogen-bond donors (Lipinski definition) is 0. The molecule has 1 amide bonds. The molecule has 1 aromatic carbocycles. The quantitative estimate of drug-likeness (QED) is 0.836. The molecule has 2 fully saturated rings. The van der Waals surface area contributed by atoms with Crippen molar-refractivity contribution in [3.63, 3.8) is 0 Å². The van der Waals surface area contributed by atoms with Gasteiger partial charge in [0.25, 0.3) is 0 Å². The van der Waals surface area contributed by atoms with Gasteiger partial charge in [-0.25, -0.2) is 4.79 Å². The Hall–Kier alpha value is -1.88. The molecule has 0 saturated carbocycles. The number of hydrogen-bond acceptors (Lipinski definition) is 4. The molecular formula is C19H26N2O3. The van der Waals surface area contributed by atoms with Gasteiger partial charge >= 0.3 is 6.09 Å². The van der Waals surface area contributed by atoms with Crippen molar-refractivity contribution in [1.82, 2.24) is 9.80 Å². The van der Waals surface area contributed by atoms with Gasteiger partial charge in [0.15, 0.2) is 5.78 Å². The van der Waals surface area contributed by atoms with Crippen LogP contribution >= 0.6 is 0 Å². The van der Waals surface area contributed by atoms with Gasteiger partial charge in [0.1, 0.15) is 5.60 Å². The van der Waals surface area contributed by atoms with Gasteiger partial charge in [-0.15, -0.1) is 0 Å². The molecule has 0 N–H and O–H groups in total. The van der Waals surface area contributed by atoms with E-state index in [1.807, 2.05) is 39.0 Å². The zero-order chi connectivity index (χ0) is 17.3. The van der Waals surface area contributed by atoms with Gasteiger partial charge in [0.2, 0.25) is 0 Å². The summed E-state index contributed by atoms with van der Waals surface area (Å²) < 4.78 is 5.49. The molecule has 0 bridgehead atoms. The van der Waals surface area contributed by atoms with Crippen molar-refractivity contribution in [2.75, 3.05) is 19.6 Å². The summed E-state index contributed by atoms with van der Waals surface area (Å²) in [5.74, 6) is 0.354. The van der Waals surface area contributed by atoms with Gasteiger partial charge in [-0.2, -0.15) is 0 Å². The molecule has 24 heavy (non-hydrogen) atoms. The van der Waals surface area contributed by atoms with E-state index in [2.05, 4.69) is 17.0 Å². The van der Waals surface area contributed by atoms with Crippen molar-refractivity contribution < 1.29 is 14.3 Å². The molecule has 2 heterocycles. The van der Waals surface area contributed by atoms with Crippen LogP contribution in [0.3, 0.4) is 0 Å². The van der Waals surface area contributed by atoms with E-state index < -0.39 is 5.60 Å². The number of carbonyl (C=O) groups is 2. The highest BCUT2D eigenvalue weighted by molar-refractivity contribution is 5.86. The summed E-state index contributed by atoms with van der Waals surface area (Å²) in [6.07, 6.45) is 0.452. The number of nitrogens with zero attached hydrogens (tertiary/aromatic N) is 2. The van der Waals surface area contributed by atoms with Crippen LogP contribution in [0.25, 0.3) is 0 Å². The second-order valence-corrected chi connectivity index (χ2v) is 7.75. The third kappa shape index (κ3) is 3.78. The molecule has 3 rings (SSSR count). The highest BCUT2D eigenvalue weighted by Crippen LogP contribution is 2.31. The molecule has 0 radical (unpaired) electrons. The van der Waals surface area contributed by atoms with E-state index in [1.165, 1.54) is 5.56 Å². The lowest BCUT2D eigenvalue weighted by molar-refractivity contribution is -0.120. The van der Waals surface area contributed by atoms with Gasteiger partial charge < -0.3 is 9.64 Å². The number of carbonyl (C=O) groups excluding carboxylic acids is 2. The predicted molar refractivity (Wildman–Crippen MR) is 91.6 cm³/mol. The van der Waals surface area contributed by atoms with Crippen LogP contribution in [0, 0.1) is 5.92 Å². The first-order valence-electron chi connectivity index (χ1n) is 8.62. The minimum atomic E-state index is -0.497. The van der Waals surface area contributed by atoms with Gasteiger partial charge in [-0.1, -0.05) is 30.3 Å². The molecule has 0 unspecified atom stereocenters. The van der Waals surface area contributed by atoms with Crippen LogP contribution in [0.2, 0.25) is 0 Å². The number of benzene rings is 1. The van der Waals surface area contributed by atoms with Crippen molar-refractivity contribution in [3.8, 4) is 0 Å². The molecule has 1 aromatic rings. The van der Waals surface area contributed by atoms with Crippen molar-refractivity contribution >= 4 is 11.9 Å². The highest BCUT2D eigenvalue weighted by Gasteiger charge is 2.45. The maximum atomic E-state index is 12.3. The predicted octanol–water partition coefficient (Wildman–Crippen LogP) is 2.70. The first-order valence-corrected chi connectivity index (χ1v) is 8.62. The van der Waals surface area contributed by atoms with Crippen molar-refractivity contribution in [1.29, 1.82) is 0 Å². The molecular weight excluding hydrogens is 304 g/mol. The van der Waals surface area contributed by atoms with Crippen molar-refractivity contribution in [3.05, 3.63) is 35.9 Å².